The van der Waals surface area contributed by atoms with Crippen LogP contribution in [0.5, 0.6) is 11.5 Å². The van der Waals surface area contributed by atoms with Crippen LogP contribution in [-0.2, 0) is 0 Å². The molecule has 0 aliphatic heterocycles. The molecule has 0 radical (unpaired) electrons. The zero-order chi connectivity index (χ0) is 21.5. The SMILES string of the molecule is COc1cc(/C=N\Nc2ccc([N+](=O)[O-])cc2)ccc1OC(=O)c1ccc(Cl)cc1. The maximum atomic E-state index is 12.3. The Bertz CT molecular complexity index is 1080. The van der Waals surface area contributed by atoms with Crippen molar-refractivity contribution in [1.29, 1.82) is 0 Å². The number of carbonyl (C=O) groups excluding carboxylic acids is 1. The number of carbonyl (C=O) groups is 1. The van der Waals surface area contributed by atoms with E-state index in [0.717, 1.165) is 0 Å². The van der Waals surface area contributed by atoms with E-state index in [1.165, 1.54) is 25.5 Å². The van der Waals surface area contributed by atoms with Gasteiger partial charge in [-0.3, -0.25) is 15.5 Å². The number of hydrogen-bond acceptors (Lipinski definition) is 7. The average Bonchev–Trinajstić information content (AvgIpc) is 2.75. The second kappa shape index (κ2) is 9.53. The van der Waals surface area contributed by atoms with Gasteiger partial charge in [-0.25, -0.2) is 4.79 Å². The fourth-order valence-electron chi connectivity index (χ4n) is 2.43. The predicted octanol–water partition coefficient (Wildman–Crippen LogP) is 4.92. The molecular weight excluding hydrogens is 410 g/mol. The molecule has 0 unspecified atom stereocenters. The first-order valence-electron chi connectivity index (χ1n) is 8.65. The Hall–Kier alpha value is -3.91. The van der Waals surface area contributed by atoms with Gasteiger partial charge in [-0.05, 0) is 60.2 Å². The number of methoxy groups -OCH3 is 1. The van der Waals surface area contributed by atoms with E-state index in [1.807, 2.05) is 0 Å². The minimum absolute atomic E-state index is 0.00185. The van der Waals surface area contributed by atoms with Crippen LogP contribution in [0.4, 0.5) is 11.4 Å². The summed E-state index contributed by atoms with van der Waals surface area (Å²) in [5.74, 6) is 0.0840. The van der Waals surface area contributed by atoms with Crippen molar-refractivity contribution >= 4 is 35.2 Å². The third kappa shape index (κ3) is 5.33. The van der Waals surface area contributed by atoms with Crippen molar-refractivity contribution in [3.63, 3.8) is 0 Å². The molecule has 152 valence electrons. The molecule has 0 saturated heterocycles. The van der Waals surface area contributed by atoms with Crippen molar-refractivity contribution in [3.8, 4) is 11.5 Å². The van der Waals surface area contributed by atoms with Crippen molar-refractivity contribution in [2.24, 2.45) is 5.10 Å². The highest BCUT2D eigenvalue weighted by atomic mass is 35.5. The first kappa shape index (κ1) is 20.8. The summed E-state index contributed by atoms with van der Waals surface area (Å²) in [5.41, 5.74) is 4.42. The van der Waals surface area contributed by atoms with Crippen LogP contribution in [0.1, 0.15) is 15.9 Å². The fourth-order valence-corrected chi connectivity index (χ4v) is 2.56. The molecule has 0 spiro atoms. The Balaban J connectivity index is 1.67. The van der Waals surface area contributed by atoms with Crippen LogP contribution in [0.3, 0.4) is 0 Å². The summed E-state index contributed by atoms with van der Waals surface area (Å²) in [6, 6.07) is 17.2. The predicted molar refractivity (Wildman–Crippen MR) is 114 cm³/mol. The number of hydrogen-bond donors (Lipinski definition) is 1. The van der Waals surface area contributed by atoms with Gasteiger partial charge in [0, 0.05) is 17.2 Å². The van der Waals surface area contributed by atoms with Crippen LogP contribution in [0, 0.1) is 10.1 Å². The Kier molecular flexibility index (Phi) is 6.61. The van der Waals surface area contributed by atoms with Gasteiger partial charge in [-0.15, -0.1) is 0 Å². The van der Waals surface area contributed by atoms with E-state index in [1.54, 1.807) is 54.6 Å². The largest absolute Gasteiger partial charge is 0.493 e. The van der Waals surface area contributed by atoms with Crippen LogP contribution in [0.15, 0.2) is 71.8 Å². The normalized spacial score (nSPS) is 10.6. The molecule has 1 N–H and O–H groups in total. The van der Waals surface area contributed by atoms with Crippen LogP contribution < -0.4 is 14.9 Å². The van der Waals surface area contributed by atoms with Crippen LogP contribution in [0.2, 0.25) is 5.02 Å². The number of halogens is 1. The Labute approximate surface area is 176 Å². The van der Waals surface area contributed by atoms with Gasteiger partial charge in [0.15, 0.2) is 11.5 Å². The topological polar surface area (TPSA) is 103 Å². The monoisotopic (exact) mass is 425 g/mol. The number of hydrazone groups is 1. The van der Waals surface area contributed by atoms with Gasteiger partial charge in [-0.1, -0.05) is 11.6 Å². The Morgan fingerprint density at radius 1 is 1.07 bits per heavy atom. The molecule has 8 nitrogen and oxygen atoms in total. The summed E-state index contributed by atoms with van der Waals surface area (Å²) in [6.07, 6.45) is 1.54. The Morgan fingerprint density at radius 2 is 1.77 bits per heavy atom. The molecule has 0 bridgehead atoms. The summed E-state index contributed by atoms with van der Waals surface area (Å²) in [7, 11) is 1.46. The first-order valence-corrected chi connectivity index (χ1v) is 9.03. The summed E-state index contributed by atoms with van der Waals surface area (Å²) >= 11 is 5.83. The number of benzene rings is 3. The molecule has 9 heteroatoms. The van der Waals surface area contributed by atoms with E-state index in [0.29, 0.717) is 27.6 Å². The summed E-state index contributed by atoms with van der Waals surface area (Å²) in [4.78, 5) is 22.5. The number of nitro benzene ring substituents is 1. The van der Waals surface area contributed by atoms with Gasteiger partial charge < -0.3 is 9.47 Å². The third-order valence-electron chi connectivity index (χ3n) is 3.96. The van der Waals surface area contributed by atoms with E-state index in [2.05, 4.69) is 10.5 Å². The molecule has 0 fully saturated rings. The highest BCUT2D eigenvalue weighted by molar-refractivity contribution is 6.30. The maximum absolute atomic E-state index is 12.3. The molecule has 30 heavy (non-hydrogen) atoms. The van der Waals surface area contributed by atoms with Crippen molar-refractivity contribution in [1.82, 2.24) is 0 Å². The molecular formula is C21H16ClN3O5. The molecule has 3 aromatic carbocycles. The molecule has 0 aromatic heterocycles. The van der Waals surface area contributed by atoms with Crippen LogP contribution >= 0.6 is 11.6 Å². The van der Waals surface area contributed by atoms with E-state index in [9.17, 15) is 14.9 Å². The molecule has 0 aliphatic rings. The van der Waals surface area contributed by atoms with E-state index in [4.69, 9.17) is 21.1 Å². The van der Waals surface area contributed by atoms with Gasteiger partial charge in [0.2, 0.25) is 0 Å². The van der Waals surface area contributed by atoms with Crippen molar-refractivity contribution in [2.75, 3.05) is 12.5 Å². The average molecular weight is 426 g/mol. The van der Waals surface area contributed by atoms with Gasteiger partial charge in [0.05, 0.1) is 29.5 Å². The van der Waals surface area contributed by atoms with Crippen molar-refractivity contribution in [3.05, 3.63) is 93.0 Å². The fraction of sp³-hybridized carbons (Fsp3) is 0.0476. The lowest BCUT2D eigenvalue weighted by Gasteiger charge is -2.10. The van der Waals surface area contributed by atoms with Crippen molar-refractivity contribution in [2.45, 2.75) is 0 Å². The second-order valence-corrected chi connectivity index (χ2v) is 6.42. The number of ether oxygens (including phenoxy) is 2. The number of esters is 1. The van der Waals surface area contributed by atoms with Gasteiger partial charge in [0.25, 0.3) is 5.69 Å². The number of nitrogens with zero attached hydrogens (tertiary/aromatic N) is 2. The van der Waals surface area contributed by atoms with E-state index in [-0.39, 0.29) is 11.4 Å². The zero-order valence-corrected chi connectivity index (χ0v) is 16.5. The highest BCUT2D eigenvalue weighted by Crippen LogP contribution is 2.28. The standard InChI is InChI=1S/C21H16ClN3O5/c1-29-20-12-14(13-23-24-17-7-9-18(10-8-17)25(27)28)2-11-19(20)30-21(26)15-3-5-16(22)6-4-15/h2-13,24H,1H3/b23-13-. The number of nitrogens with one attached hydrogen (secondary N) is 1. The minimum Gasteiger partial charge on any atom is -0.493 e. The second-order valence-electron chi connectivity index (χ2n) is 5.98. The molecule has 0 saturated carbocycles. The van der Waals surface area contributed by atoms with Gasteiger partial charge in [-0.2, -0.15) is 5.10 Å². The minimum atomic E-state index is -0.536. The summed E-state index contributed by atoms with van der Waals surface area (Å²) in [5, 5.41) is 15.3. The molecule has 0 aliphatic carbocycles. The number of nitro groups is 1. The zero-order valence-electron chi connectivity index (χ0n) is 15.7. The smallest absolute Gasteiger partial charge is 0.343 e. The first-order chi connectivity index (χ1) is 14.5. The lowest BCUT2D eigenvalue weighted by atomic mass is 10.2. The molecule has 0 amide bonds. The number of non-ortho nitro benzene ring substituents is 1. The van der Waals surface area contributed by atoms with Crippen LogP contribution in [0.25, 0.3) is 0 Å². The van der Waals surface area contributed by atoms with Gasteiger partial charge >= 0.3 is 5.97 Å². The number of anilines is 1. The van der Waals surface area contributed by atoms with Gasteiger partial charge in [0.1, 0.15) is 0 Å². The maximum Gasteiger partial charge on any atom is 0.343 e. The quantitative estimate of drug-likeness (QED) is 0.189. The van der Waals surface area contributed by atoms with Crippen LogP contribution in [-0.4, -0.2) is 24.2 Å². The number of rotatable bonds is 7. The highest BCUT2D eigenvalue weighted by Gasteiger charge is 2.13. The van der Waals surface area contributed by atoms with E-state index < -0.39 is 10.9 Å². The summed E-state index contributed by atoms with van der Waals surface area (Å²) < 4.78 is 10.7. The third-order valence-corrected chi connectivity index (χ3v) is 4.21. The lowest BCUT2D eigenvalue weighted by molar-refractivity contribution is -0.384. The molecule has 3 rings (SSSR count). The van der Waals surface area contributed by atoms with Crippen molar-refractivity contribution < 1.29 is 19.2 Å². The van der Waals surface area contributed by atoms with E-state index >= 15 is 0 Å². The lowest BCUT2D eigenvalue weighted by Crippen LogP contribution is -2.09. The summed E-state index contributed by atoms with van der Waals surface area (Å²) in [6.45, 7) is 0. The Morgan fingerprint density at radius 3 is 2.40 bits per heavy atom. The molecule has 0 heterocycles. The molecule has 0 atom stereocenters. The molecule has 3 aromatic rings.